The van der Waals surface area contributed by atoms with Gasteiger partial charge in [0, 0.05) is 11.6 Å². The van der Waals surface area contributed by atoms with Gasteiger partial charge in [0.2, 0.25) is 0 Å². The molecule has 1 heterocycles. The molecule has 1 aromatic carbocycles. The molecular formula is C12H10Cl2N2O. The summed E-state index contributed by atoms with van der Waals surface area (Å²) in [5, 5.41) is 1.21. The van der Waals surface area contributed by atoms with Crippen LogP contribution in [0.15, 0.2) is 35.4 Å². The SMILES string of the molecule is C/C=C/Cn1cnc2cc(Cl)cc(Cl)c2c1=O. The van der Waals surface area contributed by atoms with E-state index in [1.165, 1.54) is 10.9 Å². The minimum absolute atomic E-state index is 0.158. The standard InChI is InChI=1S/C12H10Cl2N2O/c1-2-3-4-16-7-15-10-6-8(13)5-9(14)11(10)12(16)17/h2-3,5-7H,4H2,1H3/b3-2+. The molecule has 0 amide bonds. The van der Waals surface area contributed by atoms with E-state index in [4.69, 9.17) is 23.2 Å². The highest BCUT2D eigenvalue weighted by atomic mass is 35.5. The van der Waals surface area contributed by atoms with Gasteiger partial charge in [-0.15, -0.1) is 0 Å². The highest BCUT2D eigenvalue weighted by molar-refractivity contribution is 6.38. The van der Waals surface area contributed by atoms with E-state index < -0.39 is 0 Å². The van der Waals surface area contributed by atoms with Crippen molar-refractivity contribution in [3.63, 3.8) is 0 Å². The zero-order valence-corrected chi connectivity index (χ0v) is 10.7. The Labute approximate surface area is 108 Å². The van der Waals surface area contributed by atoms with Gasteiger partial charge in [0.15, 0.2) is 0 Å². The molecule has 0 fully saturated rings. The largest absolute Gasteiger partial charge is 0.295 e. The maximum absolute atomic E-state index is 12.1. The van der Waals surface area contributed by atoms with Crippen LogP contribution in [-0.2, 0) is 6.54 Å². The van der Waals surface area contributed by atoms with Gasteiger partial charge in [0.1, 0.15) is 0 Å². The zero-order valence-electron chi connectivity index (χ0n) is 9.15. The third-order valence-corrected chi connectivity index (χ3v) is 2.90. The Morgan fingerprint density at radius 2 is 2.18 bits per heavy atom. The fraction of sp³-hybridized carbons (Fsp3) is 0.167. The maximum atomic E-state index is 12.1. The molecule has 0 saturated heterocycles. The van der Waals surface area contributed by atoms with E-state index in [2.05, 4.69) is 4.98 Å². The van der Waals surface area contributed by atoms with Crippen molar-refractivity contribution >= 4 is 34.1 Å². The predicted octanol–water partition coefficient (Wildman–Crippen LogP) is 3.28. The summed E-state index contributed by atoms with van der Waals surface area (Å²) < 4.78 is 1.50. The van der Waals surface area contributed by atoms with Gasteiger partial charge in [-0.05, 0) is 19.1 Å². The summed E-state index contributed by atoms with van der Waals surface area (Å²) in [5.41, 5.74) is 0.360. The van der Waals surface area contributed by atoms with Crippen LogP contribution in [0.25, 0.3) is 10.9 Å². The quantitative estimate of drug-likeness (QED) is 0.784. The van der Waals surface area contributed by atoms with Crippen molar-refractivity contribution in [3.05, 3.63) is 51.0 Å². The molecule has 0 bridgehead atoms. The Morgan fingerprint density at radius 3 is 2.88 bits per heavy atom. The van der Waals surface area contributed by atoms with E-state index >= 15 is 0 Å². The highest BCUT2D eigenvalue weighted by Crippen LogP contribution is 2.23. The first kappa shape index (κ1) is 12.1. The second-order valence-corrected chi connectivity index (χ2v) is 4.40. The molecule has 5 heteroatoms. The van der Waals surface area contributed by atoms with Gasteiger partial charge in [0.25, 0.3) is 5.56 Å². The number of aromatic nitrogens is 2. The normalized spacial score (nSPS) is 11.5. The van der Waals surface area contributed by atoms with Gasteiger partial charge < -0.3 is 0 Å². The monoisotopic (exact) mass is 268 g/mol. The Bertz CT molecular complexity index is 647. The van der Waals surface area contributed by atoms with E-state index in [1.807, 2.05) is 19.1 Å². The third kappa shape index (κ3) is 2.35. The molecule has 0 unspecified atom stereocenters. The van der Waals surface area contributed by atoms with Gasteiger partial charge >= 0.3 is 0 Å². The third-order valence-electron chi connectivity index (χ3n) is 2.38. The van der Waals surface area contributed by atoms with Crippen LogP contribution in [0.5, 0.6) is 0 Å². The highest BCUT2D eigenvalue weighted by Gasteiger charge is 2.08. The lowest BCUT2D eigenvalue weighted by atomic mass is 10.2. The van der Waals surface area contributed by atoms with Crippen LogP contribution in [0.2, 0.25) is 10.0 Å². The maximum Gasteiger partial charge on any atom is 0.262 e. The number of rotatable bonds is 2. The number of hydrogen-bond donors (Lipinski definition) is 0. The van der Waals surface area contributed by atoms with Gasteiger partial charge in [-0.2, -0.15) is 0 Å². The van der Waals surface area contributed by atoms with Crippen LogP contribution in [-0.4, -0.2) is 9.55 Å². The first-order chi connectivity index (χ1) is 8.13. The predicted molar refractivity (Wildman–Crippen MR) is 70.8 cm³/mol. The van der Waals surface area contributed by atoms with Gasteiger partial charge in [-0.3, -0.25) is 9.36 Å². The fourth-order valence-electron chi connectivity index (χ4n) is 1.55. The molecule has 17 heavy (non-hydrogen) atoms. The summed E-state index contributed by atoms with van der Waals surface area (Å²) in [7, 11) is 0. The van der Waals surface area contributed by atoms with Crippen molar-refractivity contribution in [2.45, 2.75) is 13.5 Å². The van der Waals surface area contributed by atoms with Crippen molar-refractivity contribution in [3.8, 4) is 0 Å². The molecular weight excluding hydrogens is 259 g/mol. The van der Waals surface area contributed by atoms with Crippen molar-refractivity contribution in [2.24, 2.45) is 0 Å². The lowest BCUT2D eigenvalue weighted by molar-refractivity contribution is 0.766. The number of hydrogen-bond acceptors (Lipinski definition) is 2. The summed E-state index contributed by atoms with van der Waals surface area (Å²) in [4.78, 5) is 16.3. The molecule has 0 saturated carbocycles. The van der Waals surface area contributed by atoms with Crippen LogP contribution in [0.3, 0.4) is 0 Å². The smallest absolute Gasteiger partial charge is 0.262 e. The molecule has 0 aliphatic carbocycles. The van der Waals surface area contributed by atoms with Crippen LogP contribution < -0.4 is 5.56 Å². The zero-order chi connectivity index (χ0) is 12.4. The van der Waals surface area contributed by atoms with Crippen LogP contribution >= 0.6 is 23.2 Å². The van der Waals surface area contributed by atoms with Crippen LogP contribution in [0.4, 0.5) is 0 Å². The van der Waals surface area contributed by atoms with Crippen molar-refractivity contribution < 1.29 is 0 Å². The Morgan fingerprint density at radius 1 is 1.41 bits per heavy atom. The van der Waals surface area contributed by atoms with E-state index in [0.717, 1.165) is 0 Å². The van der Waals surface area contributed by atoms with E-state index in [-0.39, 0.29) is 5.56 Å². The molecule has 88 valence electrons. The topological polar surface area (TPSA) is 34.9 Å². The molecule has 0 N–H and O–H groups in total. The van der Waals surface area contributed by atoms with Crippen LogP contribution in [0, 0.1) is 0 Å². The molecule has 2 aromatic rings. The first-order valence-electron chi connectivity index (χ1n) is 5.09. The summed E-state index contributed by atoms with van der Waals surface area (Å²) in [5.74, 6) is 0. The number of benzene rings is 1. The Hall–Kier alpha value is -1.32. The average Bonchev–Trinajstić information content (AvgIpc) is 2.27. The molecule has 0 atom stereocenters. The van der Waals surface area contributed by atoms with Crippen molar-refractivity contribution in [2.75, 3.05) is 0 Å². The van der Waals surface area contributed by atoms with Gasteiger partial charge in [-0.25, -0.2) is 4.98 Å². The fourth-order valence-corrected chi connectivity index (χ4v) is 2.11. The number of halogens is 2. The second-order valence-electron chi connectivity index (χ2n) is 3.55. The summed E-state index contributed by atoms with van der Waals surface area (Å²) in [6.07, 6.45) is 5.25. The summed E-state index contributed by atoms with van der Waals surface area (Å²) in [6, 6.07) is 3.18. The van der Waals surface area contributed by atoms with E-state index in [9.17, 15) is 4.79 Å². The first-order valence-corrected chi connectivity index (χ1v) is 5.84. The number of fused-ring (bicyclic) bond motifs is 1. The molecule has 2 rings (SSSR count). The average molecular weight is 269 g/mol. The lowest BCUT2D eigenvalue weighted by Crippen LogP contribution is -2.20. The van der Waals surface area contributed by atoms with Crippen molar-refractivity contribution in [1.29, 1.82) is 0 Å². The van der Waals surface area contributed by atoms with Crippen molar-refractivity contribution in [1.82, 2.24) is 9.55 Å². The summed E-state index contributed by atoms with van der Waals surface area (Å²) in [6.45, 7) is 2.38. The Balaban J connectivity index is 2.71. The summed E-state index contributed by atoms with van der Waals surface area (Å²) >= 11 is 11.9. The minimum Gasteiger partial charge on any atom is -0.295 e. The minimum atomic E-state index is -0.158. The molecule has 0 spiro atoms. The molecule has 0 aliphatic rings. The molecule has 3 nitrogen and oxygen atoms in total. The Kier molecular flexibility index (Phi) is 3.50. The molecule has 0 aliphatic heterocycles. The number of allylic oxidation sites excluding steroid dienone is 2. The molecule has 0 radical (unpaired) electrons. The van der Waals surface area contributed by atoms with Crippen LogP contribution in [0.1, 0.15) is 6.92 Å². The second kappa shape index (κ2) is 4.90. The molecule has 1 aromatic heterocycles. The number of nitrogens with zero attached hydrogens (tertiary/aromatic N) is 2. The lowest BCUT2D eigenvalue weighted by Gasteiger charge is -2.05. The van der Waals surface area contributed by atoms with Gasteiger partial charge in [-0.1, -0.05) is 35.4 Å². The van der Waals surface area contributed by atoms with Gasteiger partial charge in [0.05, 0.1) is 22.3 Å². The van der Waals surface area contributed by atoms with E-state index in [0.29, 0.717) is 27.5 Å². The van der Waals surface area contributed by atoms with E-state index in [1.54, 1.807) is 12.1 Å².